The summed E-state index contributed by atoms with van der Waals surface area (Å²) in [5, 5.41) is 12.0. The quantitative estimate of drug-likeness (QED) is 0.861. The maximum absolute atomic E-state index is 12.2. The van der Waals surface area contributed by atoms with E-state index in [1.54, 1.807) is 7.11 Å². The van der Waals surface area contributed by atoms with E-state index in [9.17, 15) is 8.42 Å². The first-order chi connectivity index (χ1) is 10.1. The molecule has 1 N–H and O–H groups in total. The highest BCUT2D eigenvalue weighted by atomic mass is 32.2. The Morgan fingerprint density at radius 1 is 1.33 bits per heavy atom. The van der Waals surface area contributed by atoms with Crippen LogP contribution in [0, 0.1) is 11.3 Å². The normalized spacial score (nSPS) is 22.1. The molecule has 2 rings (SSSR count). The monoisotopic (exact) mass is 308 g/mol. The number of hydrogen-bond donors (Lipinski definition) is 1. The predicted octanol–water partition coefficient (Wildman–Crippen LogP) is 1.49. The zero-order valence-electron chi connectivity index (χ0n) is 12.1. The molecule has 2 atom stereocenters. The van der Waals surface area contributed by atoms with Gasteiger partial charge >= 0.3 is 0 Å². The molecular weight excluding hydrogens is 288 g/mol. The molecule has 1 aromatic rings. The lowest BCUT2D eigenvalue weighted by atomic mass is 10.2. The second-order valence-electron chi connectivity index (χ2n) is 5.22. The number of nitrogens with one attached hydrogen (secondary N) is 1. The Balaban J connectivity index is 1.90. The molecule has 0 amide bonds. The average molecular weight is 308 g/mol. The van der Waals surface area contributed by atoms with Gasteiger partial charge in [0.05, 0.1) is 28.4 Å². The predicted molar refractivity (Wildman–Crippen MR) is 79.6 cm³/mol. The van der Waals surface area contributed by atoms with Crippen molar-refractivity contribution >= 4 is 9.84 Å². The minimum Gasteiger partial charge on any atom is -0.380 e. The van der Waals surface area contributed by atoms with Gasteiger partial charge in [0.25, 0.3) is 0 Å². The van der Waals surface area contributed by atoms with Crippen LogP contribution >= 0.6 is 0 Å². The average Bonchev–Trinajstić information content (AvgIpc) is 2.94. The van der Waals surface area contributed by atoms with Gasteiger partial charge in [-0.3, -0.25) is 0 Å². The van der Waals surface area contributed by atoms with E-state index in [-0.39, 0.29) is 22.8 Å². The summed E-state index contributed by atoms with van der Waals surface area (Å²) in [5.74, 6) is 0.0475. The molecular formula is C15H20N2O3S. The van der Waals surface area contributed by atoms with Gasteiger partial charge in [-0.2, -0.15) is 5.26 Å². The fourth-order valence-electron chi connectivity index (χ4n) is 2.67. The van der Waals surface area contributed by atoms with Gasteiger partial charge < -0.3 is 10.1 Å². The van der Waals surface area contributed by atoms with Crippen molar-refractivity contribution in [3.63, 3.8) is 0 Å². The first kappa shape index (κ1) is 16.0. The standard InChI is InChI=1S/C15H20N2O3S/c1-20-15-4-2-3-14(15)17-9-10-21(18,19)13-7-5-12(11-16)6-8-13/h5-8,14-15,17H,2-4,9-10H2,1H3. The highest BCUT2D eigenvalue weighted by Crippen LogP contribution is 2.21. The summed E-state index contributed by atoms with van der Waals surface area (Å²) in [6.07, 6.45) is 3.34. The van der Waals surface area contributed by atoms with Crippen molar-refractivity contribution < 1.29 is 13.2 Å². The second kappa shape index (κ2) is 7.03. The smallest absolute Gasteiger partial charge is 0.179 e. The van der Waals surface area contributed by atoms with E-state index in [2.05, 4.69) is 5.32 Å². The molecule has 1 fully saturated rings. The molecule has 0 spiro atoms. The number of nitrogens with zero attached hydrogens (tertiary/aromatic N) is 1. The van der Waals surface area contributed by atoms with E-state index in [0.29, 0.717) is 12.1 Å². The molecule has 21 heavy (non-hydrogen) atoms. The van der Waals surface area contributed by atoms with Gasteiger partial charge in [0.15, 0.2) is 9.84 Å². The molecule has 114 valence electrons. The number of rotatable bonds is 6. The summed E-state index contributed by atoms with van der Waals surface area (Å²) >= 11 is 0. The van der Waals surface area contributed by atoms with Crippen LogP contribution in [0.2, 0.25) is 0 Å². The largest absolute Gasteiger partial charge is 0.380 e. The molecule has 1 saturated carbocycles. The number of hydrogen-bond acceptors (Lipinski definition) is 5. The van der Waals surface area contributed by atoms with Gasteiger partial charge in [-0.25, -0.2) is 8.42 Å². The lowest BCUT2D eigenvalue weighted by molar-refractivity contribution is 0.0859. The Morgan fingerprint density at radius 2 is 2.05 bits per heavy atom. The van der Waals surface area contributed by atoms with Gasteiger partial charge in [0.1, 0.15) is 0 Å². The van der Waals surface area contributed by atoms with Crippen molar-refractivity contribution in [3.05, 3.63) is 29.8 Å². The third-order valence-electron chi connectivity index (χ3n) is 3.88. The van der Waals surface area contributed by atoms with Crippen molar-refractivity contribution in [2.45, 2.75) is 36.3 Å². The number of methoxy groups -OCH3 is 1. The highest BCUT2D eigenvalue weighted by molar-refractivity contribution is 7.91. The van der Waals surface area contributed by atoms with E-state index < -0.39 is 9.84 Å². The molecule has 0 saturated heterocycles. The van der Waals surface area contributed by atoms with Crippen LogP contribution in [0.3, 0.4) is 0 Å². The minimum absolute atomic E-state index is 0.0475. The van der Waals surface area contributed by atoms with Crippen molar-refractivity contribution in [3.8, 4) is 6.07 Å². The Morgan fingerprint density at radius 3 is 2.67 bits per heavy atom. The van der Waals surface area contributed by atoms with E-state index in [4.69, 9.17) is 10.00 Å². The van der Waals surface area contributed by atoms with Crippen LogP contribution < -0.4 is 5.32 Å². The van der Waals surface area contributed by atoms with Gasteiger partial charge in [-0.15, -0.1) is 0 Å². The van der Waals surface area contributed by atoms with Crippen LogP contribution in [-0.4, -0.2) is 40.0 Å². The van der Waals surface area contributed by atoms with Crippen molar-refractivity contribution in [1.82, 2.24) is 5.32 Å². The SMILES string of the molecule is COC1CCCC1NCCS(=O)(=O)c1ccc(C#N)cc1. The minimum atomic E-state index is -3.31. The summed E-state index contributed by atoms with van der Waals surface area (Å²) in [4.78, 5) is 0.262. The molecule has 0 heterocycles. The fraction of sp³-hybridized carbons (Fsp3) is 0.533. The summed E-state index contributed by atoms with van der Waals surface area (Å²) in [6, 6.07) is 8.24. The van der Waals surface area contributed by atoms with E-state index in [0.717, 1.165) is 19.3 Å². The number of benzene rings is 1. The molecule has 1 aliphatic rings. The van der Waals surface area contributed by atoms with E-state index >= 15 is 0 Å². The van der Waals surface area contributed by atoms with E-state index in [1.165, 1.54) is 24.3 Å². The molecule has 2 unspecified atom stereocenters. The van der Waals surface area contributed by atoms with E-state index in [1.807, 2.05) is 6.07 Å². The molecule has 6 heteroatoms. The van der Waals surface area contributed by atoms with Crippen LogP contribution in [0.4, 0.5) is 0 Å². The lowest BCUT2D eigenvalue weighted by Crippen LogP contribution is -2.39. The third-order valence-corrected chi connectivity index (χ3v) is 5.61. The molecule has 5 nitrogen and oxygen atoms in total. The van der Waals surface area contributed by atoms with Crippen LogP contribution in [0.25, 0.3) is 0 Å². The maximum Gasteiger partial charge on any atom is 0.179 e. The number of sulfone groups is 1. The molecule has 0 bridgehead atoms. The Kier molecular flexibility index (Phi) is 5.34. The lowest BCUT2D eigenvalue weighted by Gasteiger charge is -2.19. The molecule has 0 aromatic heterocycles. The number of ether oxygens (including phenoxy) is 1. The van der Waals surface area contributed by atoms with Gasteiger partial charge in [0, 0.05) is 19.7 Å². The topological polar surface area (TPSA) is 79.2 Å². The molecule has 0 aliphatic heterocycles. The molecule has 1 aromatic carbocycles. The van der Waals surface area contributed by atoms with Gasteiger partial charge in [0.2, 0.25) is 0 Å². The summed E-state index contributed by atoms with van der Waals surface area (Å²) in [6.45, 7) is 0.410. The molecule has 1 aliphatic carbocycles. The Bertz CT molecular complexity index is 605. The fourth-order valence-corrected chi connectivity index (χ4v) is 3.85. The van der Waals surface area contributed by atoms with Crippen molar-refractivity contribution in [2.24, 2.45) is 0 Å². The highest BCUT2D eigenvalue weighted by Gasteiger charge is 2.26. The van der Waals surface area contributed by atoms with Crippen molar-refractivity contribution in [2.75, 3.05) is 19.4 Å². The van der Waals surface area contributed by atoms with Crippen LogP contribution in [-0.2, 0) is 14.6 Å². The molecule has 0 radical (unpaired) electrons. The summed E-state index contributed by atoms with van der Waals surface area (Å²) < 4.78 is 29.8. The summed E-state index contributed by atoms with van der Waals surface area (Å²) in [5.41, 5.74) is 0.459. The second-order valence-corrected chi connectivity index (χ2v) is 7.33. The number of nitriles is 1. The van der Waals surface area contributed by atoms with Gasteiger partial charge in [-0.1, -0.05) is 0 Å². The first-order valence-corrected chi connectivity index (χ1v) is 8.71. The van der Waals surface area contributed by atoms with Crippen LogP contribution in [0.5, 0.6) is 0 Å². The Hall–Kier alpha value is -1.42. The zero-order chi connectivity index (χ0) is 15.3. The Labute approximate surface area is 125 Å². The first-order valence-electron chi connectivity index (χ1n) is 7.06. The van der Waals surface area contributed by atoms with Gasteiger partial charge in [-0.05, 0) is 43.5 Å². The van der Waals surface area contributed by atoms with Crippen molar-refractivity contribution in [1.29, 1.82) is 5.26 Å². The summed E-state index contributed by atoms with van der Waals surface area (Å²) in [7, 11) is -1.62. The van der Waals surface area contributed by atoms with Crippen LogP contribution in [0.15, 0.2) is 29.2 Å². The third kappa shape index (κ3) is 4.03. The van der Waals surface area contributed by atoms with Crippen LogP contribution in [0.1, 0.15) is 24.8 Å². The zero-order valence-corrected chi connectivity index (χ0v) is 12.9. The maximum atomic E-state index is 12.2.